The minimum absolute atomic E-state index is 0.00387. The van der Waals surface area contributed by atoms with Gasteiger partial charge < -0.3 is 4.74 Å². The van der Waals surface area contributed by atoms with Gasteiger partial charge in [-0.15, -0.1) is 0 Å². The van der Waals surface area contributed by atoms with Crippen LogP contribution in [0.4, 0.5) is 5.69 Å². The van der Waals surface area contributed by atoms with E-state index in [1.54, 1.807) is 0 Å². The molecule has 102 valence electrons. The highest BCUT2D eigenvalue weighted by Crippen LogP contribution is 2.33. The molecule has 0 bridgehead atoms. The lowest BCUT2D eigenvalue weighted by Crippen LogP contribution is -2.05. The zero-order valence-corrected chi connectivity index (χ0v) is 12.0. The summed E-state index contributed by atoms with van der Waals surface area (Å²) < 4.78 is 4.39. The molecule has 0 aliphatic heterocycles. The summed E-state index contributed by atoms with van der Waals surface area (Å²) in [4.78, 5) is 25.2. The van der Waals surface area contributed by atoms with Gasteiger partial charge in [-0.25, -0.2) is 0 Å². The van der Waals surface area contributed by atoms with E-state index in [4.69, 9.17) is 23.2 Å². The van der Waals surface area contributed by atoms with Crippen molar-refractivity contribution in [3.8, 4) is 0 Å². The summed E-state index contributed by atoms with van der Waals surface area (Å²) in [7, 11) is 1.23. The summed E-state index contributed by atoms with van der Waals surface area (Å²) in [6.07, 6.45) is 0. The Morgan fingerprint density at radius 1 is 1.58 bits per heavy atom. The second kappa shape index (κ2) is 7.32. The molecule has 0 saturated heterocycles. The van der Waals surface area contributed by atoms with E-state index in [2.05, 4.69) is 9.73 Å². The van der Waals surface area contributed by atoms with E-state index in [0.29, 0.717) is 0 Å². The van der Waals surface area contributed by atoms with Crippen LogP contribution in [0, 0.1) is 10.1 Å². The van der Waals surface area contributed by atoms with Gasteiger partial charge in [0.2, 0.25) is 0 Å². The number of nitrogens with zero attached hydrogens (tertiary/aromatic N) is 2. The van der Waals surface area contributed by atoms with Crippen molar-refractivity contribution in [2.24, 2.45) is 4.99 Å². The Labute approximate surface area is 122 Å². The van der Waals surface area contributed by atoms with Crippen LogP contribution < -0.4 is 0 Å². The number of nitro benzene ring substituents is 1. The van der Waals surface area contributed by atoms with E-state index in [9.17, 15) is 14.9 Å². The number of thioether (sulfide) groups is 1. The number of hydrogen-bond donors (Lipinski definition) is 0. The van der Waals surface area contributed by atoms with Crippen molar-refractivity contribution in [3.05, 3.63) is 33.3 Å². The number of aliphatic imine (C=N–C) groups is 1. The maximum absolute atomic E-state index is 10.9. The molecule has 0 spiro atoms. The molecule has 1 aromatic rings. The number of carbonyl (C=O) groups is 1. The minimum Gasteiger partial charge on any atom is -0.468 e. The standard InChI is InChI=1S/C10H8Cl2N2O4S/c1-18-9(15)5-13-10(12)19-8-3-2-6(11)4-7(8)14(16)17/h2-4H,5H2,1H3. The molecular formula is C10H8Cl2N2O4S. The first-order valence-corrected chi connectivity index (χ1v) is 6.40. The molecule has 0 heterocycles. The molecule has 0 fully saturated rings. The third kappa shape index (κ3) is 5.06. The van der Waals surface area contributed by atoms with Crippen LogP contribution >= 0.6 is 35.0 Å². The van der Waals surface area contributed by atoms with Crippen molar-refractivity contribution in [2.45, 2.75) is 4.90 Å². The van der Waals surface area contributed by atoms with Crippen molar-refractivity contribution < 1.29 is 14.5 Å². The number of halogens is 2. The maximum atomic E-state index is 10.9. The third-order valence-electron chi connectivity index (χ3n) is 1.87. The quantitative estimate of drug-likeness (QED) is 0.212. The molecule has 0 radical (unpaired) electrons. The number of ether oxygens (including phenoxy) is 1. The first-order valence-electron chi connectivity index (χ1n) is 4.82. The second-order valence-corrected chi connectivity index (χ2v) is 5.17. The zero-order chi connectivity index (χ0) is 14.4. The van der Waals surface area contributed by atoms with Gasteiger partial charge in [0.25, 0.3) is 5.69 Å². The number of rotatable bonds is 4. The summed E-state index contributed by atoms with van der Waals surface area (Å²) >= 11 is 12.3. The van der Waals surface area contributed by atoms with Gasteiger partial charge in [0, 0.05) is 11.1 Å². The zero-order valence-electron chi connectivity index (χ0n) is 9.63. The van der Waals surface area contributed by atoms with E-state index in [-0.39, 0.29) is 26.7 Å². The number of nitro groups is 1. The Morgan fingerprint density at radius 3 is 2.84 bits per heavy atom. The molecule has 0 aliphatic carbocycles. The number of benzene rings is 1. The topological polar surface area (TPSA) is 81.8 Å². The molecule has 0 N–H and O–H groups in total. The molecule has 0 aliphatic rings. The molecule has 0 unspecified atom stereocenters. The number of carbonyl (C=O) groups excluding carboxylic acids is 1. The van der Waals surface area contributed by atoms with Gasteiger partial charge in [-0.1, -0.05) is 35.0 Å². The molecule has 0 atom stereocenters. The van der Waals surface area contributed by atoms with Crippen molar-refractivity contribution in [3.63, 3.8) is 0 Å². The highest BCUT2D eigenvalue weighted by Gasteiger charge is 2.16. The molecule has 9 heteroatoms. The fraction of sp³-hybridized carbons (Fsp3) is 0.200. The van der Waals surface area contributed by atoms with E-state index >= 15 is 0 Å². The minimum atomic E-state index is -0.571. The summed E-state index contributed by atoms with van der Waals surface area (Å²) in [6, 6.07) is 4.18. The average Bonchev–Trinajstić information content (AvgIpc) is 2.37. The van der Waals surface area contributed by atoms with Gasteiger partial charge in [0.05, 0.1) is 16.9 Å². The Morgan fingerprint density at radius 2 is 2.26 bits per heavy atom. The lowest BCUT2D eigenvalue weighted by Gasteiger charge is -2.01. The van der Waals surface area contributed by atoms with Gasteiger partial charge in [0.15, 0.2) is 4.50 Å². The molecule has 6 nitrogen and oxygen atoms in total. The monoisotopic (exact) mass is 322 g/mol. The summed E-state index contributed by atoms with van der Waals surface area (Å²) in [5.41, 5.74) is -0.177. The van der Waals surface area contributed by atoms with Crippen LogP contribution in [0.25, 0.3) is 0 Å². The normalized spacial score (nSPS) is 11.2. The van der Waals surface area contributed by atoms with Crippen LogP contribution in [-0.2, 0) is 9.53 Å². The second-order valence-electron chi connectivity index (χ2n) is 3.12. The van der Waals surface area contributed by atoms with Crippen LogP contribution in [0.1, 0.15) is 0 Å². The van der Waals surface area contributed by atoms with Crippen molar-refractivity contribution >= 4 is 51.1 Å². The molecule has 1 rings (SSSR count). The predicted octanol–water partition coefficient (Wildman–Crippen LogP) is 3.11. The van der Waals surface area contributed by atoms with Crippen LogP contribution in [0.15, 0.2) is 28.1 Å². The van der Waals surface area contributed by atoms with Gasteiger partial charge in [-0.3, -0.25) is 19.9 Å². The van der Waals surface area contributed by atoms with E-state index in [1.165, 1.54) is 25.3 Å². The summed E-state index contributed by atoms with van der Waals surface area (Å²) in [6.45, 7) is -0.246. The molecule has 19 heavy (non-hydrogen) atoms. The Kier molecular flexibility index (Phi) is 6.07. The highest BCUT2D eigenvalue weighted by molar-refractivity contribution is 8.16. The maximum Gasteiger partial charge on any atom is 0.327 e. The Balaban J connectivity index is 2.87. The first-order chi connectivity index (χ1) is 8.93. The Hall–Kier alpha value is -1.31. The largest absolute Gasteiger partial charge is 0.468 e. The fourth-order valence-electron chi connectivity index (χ4n) is 1.03. The molecule has 0 amide bonds. The van der Waals surface area contributed by atoms with Crippen LogP contribution in [0.3, 0.4) is 0 Å². The number of hydrogen-bond acceptors (Lipinski definition) is 6. The van der Waals surface area contributed by atoms with E-state index in [1.807, 2.05) is 0 Å². The van der Waals surface area contributed by atoms with Crippen LogP contribution in [0.5, 0.6) is 0 Å². The first kappa shape index (κ1) is 15.7. The molecule has 0 saturated carbocycles. The highest BCUT2D eigenvalue weighted by atomic mass is 35.5. The van der Waals surface area contributed by atoms with Crippen LogP contribution in [-0.4, -0.2) is 29.1 Å². The lowest BCUT2D eigenvalue weighted by atomic mass is 10.3. The average molecular weight is 323 g/mol. The number of esters is 1. The predicted molar refractivity (Wildman–Crippen MR) is 74.1 cm³/mol. The van der Waals surface area contributed by atoms with Gasteiger partial charge in [-0.05, 0) is 12.1 Å². The SMILES string of the molecule is COC(=O)CN=C(Cl)Sc1ccc(Cl)cc1[N+](=O)[O-]. The molecular weight excluding hydrogens is 315 g/mol. The van der Waals surface area contributed by atoms with E-state index < -0.39 is 10.9 Å². The molecule has 0 aromatic heterocycles. The number of methoxy groups -OCH3 is 1. The van der Waals surface area contributed by atoms with Gasteiger partial charge in [0.1, 0.15) is 6.54 Å². The summed E-state index contributed by atoms with van der Waals surface area (Å²) in [5, 5.41) is 11.1. The van der Waals surface area contributed by atoms with Crippen molar-refractivity contribution in [2.75, 3.05) is 13.7 Å². The summed E-state index contributed by atoms with van der Waals surface area (Å²) in [5.74, 6) is -0.552. The van der Waals surface area contributed by atoms with Gasteiger partial charge >= 0.3 is 5.97 Å². The van der Waals surface area contributed by atoms with Gasteiger partial charge in [-0.2, -0.15) is 0 Å². The fourth-order valence-corrected chi connectivity index (χ4v) is 2.19. The van der Waals surface area contributed by atoms with Crippen molar-refractivity contribution in [1.29, 1.82) is 0 Å². The Bertz CT molecular complexity index is 536. The van der Waals surface area contributed by atoms with Crippen molar-refractivity contribution in [1.82, 2.24) is 0 Å². The third-order valence-corrected chi connectivity index (χ3v) is 3.32. The van der Waals surface area contributed by atoms with Crippen LogP contribution in [0.2, 0.25) is 5.02 Å². The lowest BCUT2D eigenvalue weighted by molar-refractivity contribution is -0.387. The van der Waals surface area contributed by atoms with E-state index in [0.717, 1.165) is 11.8 Å². The smallest absolute Gasteiger partial charge is 0.327 e. The molecule has 1 aromatic carbocycles.